The van der Waals surface area contributed by atoms with Gasteiger partial charge in [0, 0.05) is 12.6 Å². The van der Waals surface area contributed by atoms with Crippen LogP contribution in [-0.4, -0.2) is 48.8 Å². The molecule has 0 spiro atoms. The summed E-state index contributed by atoms with van der Waals surface area (Å²) in [5.74, 6) is 0. The summed E-state index contributed by atoms with van der Waals surface area (Å²) < 4.78 is 0. The Labute approximate surface area is 81.1 Å². The lowest BCUT2D eigenvalue weighted by molar-refractivity contribution is 0.157. The molecule has 0 aromatic carbocycles. The maximum atomic E-state index is 8.77. The fraction of sp³-hybridized carbons (Fsp3) is 1.00. The molecule has 2 N–H and O–H groups in total. The van der Waals surface area contributed by atoms with Crippen molar-refractivity contribution in [2.45, 2.75) is 32.2 Å². The van der Waals surface area contributed by atoms with Gasteiger partial charge in [-0.1, -0.05) is 6.92 Å². The molecule has 0 saturated carbocycles. The molecule has 0 aliphatic carbocycles. The molecule has 0 amide bonds. The van der Waals surface area contributed by atoms with Crippen molar-refractivity contribution >= 4 is 0 Å². The van der Waals surface area contributed by atoms with E-state index in [-0.39, 0.29) is 0 Å². The first kappa shape index (κ1) is 11.0. The molecular formula is C10H22N2O. The van der Waals surface area contributed by atoms with Crippen LogP contribution in [0.15, 0.2) is 0 Å². The molecule has 0 bridgehead atoms. The van der Waals surface area contributed by atoms with Gasteiger partial charge in [-0.05, 0) is 38.9 Å². The fourth-order valence-electron chi connectivity index (χ4n) is 1.85. The quantitative estimate of drug-likeness (QED) is 0.654. The first-order valence-electron chi connectivity index (χ1n) is 5.43. The molecule has 1 aliphatic rings. The third-order valence-corrected chi connectivity index (χ3v) is 2.69. The molecular weight excluding hydrogens is 164 g/mol. The summed E-state index contributed by atoms with van der Waals surface area (Å²) in [6.07, 6.45) is 3.69. The summed E-state index contributed by atoms with van der Waals surface area (Å²) in [5, 5.41) is 12.3. The minimum absolute atomic E-state index is 0.299. The third-order valence-electron chi connectivity index (χ3n) is 2.69. The Morgan fingerprint density at radius 2 is 2.08 bits per heavy atom. The molecule has 3 nitrogen and oxygen atoms in total. The van der Waals surface area contributed by atoms with Gasteiger partial charge in [0.25, 0.3) is 0 Å². The number of nitrogens with one attached hydrogen (secondary N) is 1. The highest BCUT2D eigenvalue weighted by Crippen LogP contribution is 2.09. The van der Waals surface area contributed by atoms with E-state index in [1.165, 1.54) is 19.3 Å². The summed E-state index contributed by atoms with van der Waals surface area (Å²) in [5.41, 5.74) is 0. The van der Waals surface area contributed by atoms with E-state index in [1.54, 1.807) is 0 Å². The monoisotopic (exact) mass is 186 g/mol. The summed E-state index contributed by atoms with van der Waals surface area (Å²) in [6.45, 7) is 6.77. The normalized spacial score (nSPS) is 20.8. The van der Waals surface area contributed by atoms with Gasteiger partial charge in [-0.25, -0.2) is 0 Å². The van der Waals surface area contributed by atoms with Crippen LogP contribution in [0.4, 0.5) is 0 Å². The van der Waals surface area contributed by atoms with Gasteiger partial charge in [0.1, 0.15) is 0 Å². The summed E-state index contributed by atoms with van der Waals surface area (Å²) in [7, 11) is 0. The van der Waals surface area contributed by atoms with Crippen LogP contribution in [0, 0.1) is 0 Å². The molecule has 3 heteroatoms. The molecule has 1 saturated heterocycles. The molecule has 0 aromatic rings. The average molecular weight is 186 g/mol. The number of rotatable bonds is 5. The zero-order valence-electron chi connectivity index (χ0n) is 8.63. The highest BCUT2D eigenvalue weighted by atomic mass is 16.3. The van der Waals surface area contributed by atoms with Crippen LogP contribution in [0.3, 0.4) is 0 Å². The number of hydrogen-bond donors (Lipinski definition) is 2. The molecule has 1 rings (SSSR count). The van der Waals surface area contributed by atoms with Gasteiger partial charge in [-0.2, -0.15) is 0 Å². The predicted molar refractivity (Wildman–Crippen MR) is 54.8 cm³/mol. The number of likely N-dealkylation sites (tertiary alicyclic amines) is 1. The molecule has 78 valence electrons. The van der Waals surface area contributed by atoms with Crippen molar-refractivity contribution in [1.82, 2.24) is 10.2 Å². The van der Waals surface area contributed by atoms with Crippen LogP contribution in [0.25, 0.3) is 0 Å². The van der Waals surface area contributed by atoms with E-state index in [0.717, 1.165) is 32.2 Å². The number of piperidine rings is 1. The Morgan fingerprint density at radius 1 is 1.38 bits per heavy atom. The van der Waals surface area contributed by atoms with E-state index < -0.39 is 0 Å². The van der Waals surface area contributed by atoms with Crippen molar-refractivity contribution in [1.29, 1.82) is 0 Å². The number of aliphatic hydroxyl groups excluding tert-OH is 1. The lowest BCUT2D eigenvalue weighted by Crippen LogP contribution is -2.43. The Hall–Kier alpha value is -0.120. The second kappa shape index (κ2) is 6.35. The first-order chi connectivity index (χ1) is 6.36. The van der Waals surface area contributed by atoms with Crippen molar-refractivity contribution in [2.24, 2.45) is 0 Å². The van der Waals surface area contributed by atoms with E-state index in [4.69, 9.17) is 5.11 Å². The minimum Gasteiger partial charge on any atom is -0.395 e. The van der Waals surface area contributed by atoms with Crippen LogP contribution in [0.5, 0.6) is 0 Å². The van der Waals surface area contributed by atoms with Gasteiger partial charge in [0.2, 0.25) is 0 Å². The summed E-state index contributed by atoms with van der Waals surface area (Å²) in [4.78, 5) is 2.34. The SMILES string of the molecule is CCCNC1CCN(CCO)CC1. The van der Waals surface area contributed by atoms with E-state index in [0.29, 0.717) is 6.61 Å². The molecule has 0 unspecified atom stereocenters. The Bertz CT molecular complexity index is 122. The number of β-amino-alcohol motifs (C(OH)–C–C–N with tert-alkyl or cyclic N) is 1. The smallest absolute Gasteiger partial charge is 0.0558 e. The number of hydrogen-bond acceptors (Lipinski definition) is 3. The van der Waals surface area contributed by atoms with Gasteiger partial charge in [0.05, 0.1) is 6.61 Å². The maximum absolute atomic E-state index is 8.77. The Kier molecular flexibility index (Phi) is 5.35. The van der Waals surface area contributed by atoms with Crippen LogP contribution in [-0.2, 0) is 0 Å². The van der Waals surface area contributed by atoms with E-state index in [9.17, 15) is 0 Å². The average Bonchev–Trinajstić information content (AvgIpc) is 2.17. The Morgan fingerprint density at radius 3 is 2.62 bits per heavy atom. The van der Waals surface area contributed by atoms with Crippen LogP contribution < -0.4 is 5.32 Å². The van der Waals surface area contributed by atoms with Gasteiger partial charge < -0.3 is 15.3 Å². The number of nitrogens with zero attached hydrogens (tertiary/aromatic N) is 1. The van der Waals surface area contributed by atoms with Crippen molar-refractivity contribution < 1.29 is 5.11 Å². The second-order valence-electron chi connectivity index (χ2n) is 3.79. The minimum atomic E-state index is 0.299. The third kappa shape index (κ3) is 4.07. The lowest BCUT2D eigenvalue weighted by atomic mass is 10.1. The molecule has 1 heterocycles. The molecule has 0 atom stereocenters. The standard InChI is InChI=1S/C10H22N2O/c1-2-5-11-10-3-6-12(7-4-10)8-9-13/h10-11,13H,2-9H2,1H3. The highest BCUT2D eigenvalue weighted by molar-refractivity contribution is 4.76. The van der Waals surface area contributed by atoms with Gasteiger partial charge in [-0.15, -0.1) is 0 Å². The van der Waals surface area contributed by atoms with Crippen LogP contribution in [0.2, 0.25) is 0 Å². The predicted octanol–water partition coefficient (Wildman–Crippen LogP) is 0.443. The van der Waals surface area contributed by atoms with E-state index >= 15 is 0 Å². The zero-order chi connectivity index (χ0) is 9.52. The Balaban J connectivity index is 2.08. The van der Waals surface area contributed by atoms with Gasteiger partial charge in [-0.3, -0.25) is 0 Å². The molecule has 0 aromatic heterocycles. The molecule has 1 aliphatic heterocycles. The fourth-order valence-corrected chi connectivity index (χ4v) is 1.85. The van der Waals surface area contributed by atoms with Crippen LogP contribution in [0.1, 0.15) is 26.2 Å². The topological polar surface area (TPSA) is 35.5 Å². The molecule has 0 radical (unpaired) electrons. The largest absolute Gasteiger partial charge is 0.395 e. The van der Waals surface area contributed by atoms with E-state index in [1.807, 2.05) is 0 Å². The summed E-state index contributed by atoms with van der Waals surface area (Å²) in [6, 6.07) is 0.717. The van der Waals surface area contributed by atoms with Gasteiger partial charge in [0.15, 0.2) is 0 Å². The lowest BCUT2D eigenvalue weighted by Gasteiger charge is -2.31. The van der Waals surface area contributed by atoms with Crippen molar-refractivity contribution in [3.63, 3.8) is 0 Å². The number of aliphatic hydroxyl groups is 1. The zero-order valence-corrected chi connectivity index (χ0v) is 8.63. The molecule has 1 fully saturated rings. The molecule has 13 heavy (non-hydrogen) atoms. The highest BCUT2D eigenvalue weighted by Gasteiger charge is 2.17. The van der Waals surface area contributed by atoms with Crippen molar-refractivity contribution in [2.75, 3.05) is 32.8 Å². The van der Waals surface area contributed by atoms with Crippen molar-refractivity contribution in [3.8, 4) is 0 Å². The second-order valence-corrected chi connectivity index (χ2v) is 3.79. The van der Waals surface area contributed by atoms with Crippen LogP contribution >= 0.6 is 0 Å². The maximum Gasteiger partial charge on any atom is 0.0558 e. The summed E-state index contributed by atoms with van der Waals surface area (Å²) >= 11 is 0. The van der Waals surface area contributed by atoms with Crippen molar-refractivity contribution in [3.05, 3.63) is 0 Å². The van der Waals surface area contributed by atoms with E-state index in [2.05, 4.69) is 17.1 Å². The van der Waals surface area contributed by atoms with Gasteiger partial charge >= 0.3 is 0 Å². The first-order valence-corrected chi connectivity index (χ1v) is 5.43.